The van der Waals surface area contributed by atoms with Gasteiger partial charge >= 0.3 is 0 Å². The number of carbonyl (C=O) groups excluding carboxylic acids is 1. The normalized spacial score (nSPS) is 16.9. The van der Waals surface area contributed by atoms with Gasteiger partial charge in [-0.2, -0.15) is 0 Å². The highest BCUT2D eigenvalue weighted by molar-refractivity contribution is 6.39. The molecule has 1 aliphatic rings. The van der Waals surface area contributed by atoms with Crippen molar-refractivity contribution in [3.05, 3.63) is 28.2 Å². The fourth-order valence-electron chi connectivity index (χ4n) is 2.67. The first-order valence-electron chi connectivity index (χ1n) is 7.26. The Morgan fingerprint density at radius 3 is 2.48 bits per heavy atom. The van der Waals surface area contributed by atoms with Gasteiger partial charge < -0.3 is 11.1 Å². The van der Waals surface area contributed by atoms with Gasteiger partial charge in [-0.1, -0.05) is 29.3 Å². The van der Waals surface area contributed by atoms with E-state index in [4.69, 9.17) is 28.9 Å². The Balaban J connectivity index is 1.83. The number of amides is 1. The number of nitrogens with zero attached hydrogens (tertiary/aromatic N) is 1. The lowest BCUT2D eigenvalue weighted by Gasteiger charge is -2.31. The molecule has 1 aliphatic heterocycles. The minimum Gasteiger partial charge on any atom is -0.330 e. The van der Waals surface area contributed by atoms with Crippen molar-refractivity contribution in [1.82, 2.24) is 4.90 Å². The number of para-hydroxylation sites is 1. The second kappa shape index (κ2) is 7.99. The van der Waals surface area contributed by atoms with Crippen molar-refractivity contribution in [2.24, 2.45) is 11.7 Å². The number of nitrogens with one attached hydrogen (secondary N) is 1. The van der Waals surface area contributed by atoms with Crippen molar-refractivity contribution in [2.45, 2.75) is 19.3 Å². The highest BCUT2D eigenvalue weighted by Crippen LogP contribution is 2.29. The molecule has 0 bridgehead atoms. The summed E-state index contributed by atoms with van der Waals surface area (Å²) in [4.78, 5) is 14.3. The van der Waals surface area contributed by atoms with E-state index in [9.17, 15) is 4.79 Å². The summed E-state index contributed by atoms with van der Waals surface area (Å²) in [6, 6.07) is 5.17. The largest absolute Gasteiger partial charge is 0.330 e. The maximum atomic E-state index is 12.1. The third-order valence-corrected chi connectivity index (χ3v) is 4.51. The molecule has 0 unspecified atom stereocenters. The molecule has 1 fully saturated rings. The molecule has 1 aromatic carbocycles. The number of likely N-dealkylation sites (tertiary alicyclic amines) is 1. The number of hydrogen-bond acceptors (Lipinski definition) is 3. The summed E-state index contributed by atoms with van der Waals surface area (Å²) in [5, 5.41) is 3.71. The summed E-state index contributed by atoms with van der Waals surface area (Å²) in [7, 11) is 0. The van der Waals surface area contributed by atoms with Crippen molar-refractivity contribution in [1.29, 1.82) is 0 Å². The molecule has 3 N–H and O–H groups in total. The molecule has 0 spiro atoms. The first kappa shape index (κ1) is 16.6. The Kier molecular flexibility index (Phi) is 6.30. The van der Waals surface area contributed by atoms with Crippen LogP contribution in [0, 0.1) is 5.92 Å². The Bertz CT molecular complexity index is 468. The number of halogens is 2. The number of anilines is 1. The Labute approximate surface area is 135 Å². The first-order chi connectivity index (χ1) is 10.1. The molecule has 0 aliphatic carbocycles. The molecule has 1 heterocycles. The van der Waals surface area contributed by atoms with Gasteiger partial charge in [-0.15, -0.1) is 0 Å². The zero-order chi connectivity index (χ0) is 15.2. The highest BCUT2D eigenvalue weighted by atomic mass is 35.5. The molecule has 4 nitrogen and oxygen atoms in total. The number of hydrogen-bond donors (Lipinski definition) is 2. The van der Waals surface area contributed by atoms with Crippen LogP contribution in [0.4, 0.5) is 5.69 Å². The SMILES string of the molecule is NCCC1CCN(CC(=O)Nc2c(Cl)cccc2Cl)CC1. The van der Waals surface area contributed by atoms with Crippen molar-refractivity contribution < 1.29 is 4.79 Å². The lowest BCUT2D eigenvalue weighted by atomic mass is 9.94. The third-order valence-electron chi connectivity index (χ3n) is 3.88. The van der Waals surface area contributed by atoms with E-state index in [1.165, 1.54) is 0 Å². The summed E-state index contributed by atoms with van der Waals surface area (Å²) in [5.41, 5.74) is 6.08. The number of rotatable bonds is 5. The third kappa shape index (κ3) is 4.85. The standard InChI is InChI=1S/C15H21Cl2N3O/c16-12-2-1-3-13(17)15(12)19-14(21)10-20-8-5-11(4-7-18)6-9-20/h1-3,11H,4-10,18H2,(H,19,21). The van der Waals surface area contributed by atoms with Crippen LogP contribution in [0.25, 0.3) is 0 Å². The van der Waals surface area contributed by atoms with Crippen LogP contribution in [0.2, 0.25) is 10.0 Å². The smallest absolute Gasteiger partial charge is 0.238 e. The minimum absolute atomic E-state index is 0.0812. The molecule has 0 saturated carbocycles. The van der Waals surface area contributed by atoms with Gasteiger partial charge in [0.2, 0.25) is 5.91 Å². The second-order valence-electron chi connectivity index (χ2n) is 5.44. The molecule has 21 heavy (non-hydrogen) atoms. The average Bonchev–Trinajstić information content (AvgIpc) is 2.45. The Hall–Kier alpha value is -0.810. The van der Waals surface area contributed by atoms with E-state index in [2.05, 4.69) is 10.2 Å². The molecule has 0 radical (unpaired) electrons. The van der Waals surface area contributed by atoms with Gasteiger partial charge in [0, 0.05) is 0 Å². The van der Waals surface area contributed by atoms with Crippen LogP contribution in [0.15, 0.2) is 18.2 Å². The van der Waals surface area contributed by atoms with Gasteiger partial charge in [-0.25, -0.2) is 0 Å². The van der Waals surface area contributed by atoms with Gasteiger partial charge in [0.15, 0.2) is 0 Å². The van der Waals surface area contributed by atoms with Crippen LogP contribution >= 0.6 is 23.2 Å². The monoisotopic (exact) mass is 329 g/mol. The lowest BCUT2D eigenvalue weighted by molar-refractivity contribution is -0.117. The molecule has 0 aromatic heterocycles. The Morgan fingerprint density at radius 1 is 1.29 bits per heavy atom. The van der Waals surface area contributed by atoms with Crippen molar-refractivity contribution in [3.8, 4) is 0 Å². The zero-order valence-electron chi connectivity index (χ0n) is 11.9. The predicted octanol–water partition coefficient (Wildman–Crippen LogP) is 2.99. The van der Waals surface area contributed by atoms with Crippen LogP contribution in [0.3, 0.4) is 0 Å². The van der Waals surface area contributed by atoms with E-state index >= 15 is 0 Å². The van der Waals surface area contributed by atoms with Crippen LogP contribution in [0.5, 0.6) is 0 Å². The number of piperidine rings is 1. The fourth-order valence-corrected chi connectivity index (χ4v) is 3.16. The molecular formula is C15H21Cl2N3O. The van der Waals surface area contributed by atoms with Crippen molar-refractivity contribution in [3.63, 3.8) is 0 Å². The summed E-state index contributed by atoms with van der Waals surface area (Å²) in [6.07, 6.45) is 3.30. The number of carbonyl (C=O) groups is 1. The molecule has 116 valence electrons. The van der Waals surface area contributed by atoms with Gasteiger partial charge in [0.05, 0.1) is 22.3 Å². The quantitative estimate of drug-likeness (QED) is 0.873. The van der Waals surface area contributed by atoms with E-state index in [0.29, 0.717) is 28.2 Å². The summed E-state index contributed by atoms with van der Waals surface area (Å²) in [5.74, 6) is 0.620. The zero-order valence-corrected chi connectivity index (χ0v) is 13.5. The Morgan fingerprint density at radius 2 is 1.90 bits per heavy atom. The van der Waals surface area contributed by atoms with Crippen molar-refractivity contribution >= 4 is 34.8 Å². The molecule has 6 heteroatoms. The first-order valence-corrected chi connectivity index (χ1v) is 8.02. The average molecular weight is 330 g/mol. The van der Waals surface area contributed by atoms with Gasteiger partial charge in [-0.3, -0.25) is 9.69 Å². The van der Waals surface area contributed by atoms with E-state index in [-0.39, 0.29) is 5.91 Å². The topological polar surface area (TPSA) is 58.4 Å². The molecule has 2 rings (SSSR count). The van der Waals surface area contributed by atoms with Crippen LogP contribution in [-0.2, 0) is 4.79 Å². The number of nitrogens with two attached hydrogens (primary N) is 1. The maximum absolute atomic E-state index is 12.1. The van der Waals surface area contributed by atoms with Gasteiger partial charge in [0.25, 0.3) is 0 Å². The second-order valence-corrected chi connectivity index (χ2v) is 6.26. The molecule has 1 aromatic rings. The van der Waals surface area contributed by atoms with E-state index in [1.807, 2.05) is 0 Å². The van der Waals surface area contributed by atoms with Crippen LogP contribution in [0.1, 0.15) is 19.3 Å². The molecule has 1 saturated heterocycles. The summed E-state index contributed by atoms with van der Waals surface area (Å²) in [6.45, 7) is 3.00. The van der Waals surface area contributed by atoms with Crippen LogP contribution < -0.4 is 11.1 Å². The maximum Gasteiger partial charge on any atom is 0.238 e. The van der Waals surface area contributed by atoms with E-state index in [1.54, 1.807) is 18.2 Å². The lowest BCUT2D eigenvalue weighted by Crippen LogP contribution is -2.39. The van der Waals surface area contributed by atoms with Crippen LogP contribution in [-0.4, -0.2) is 37.0 Å². The predicted molar refractivity (Wildman–Crippen MR) is 87.9 cm³/mol. The van der Waals surface area contributed by atoms with Gasteiger partial charge in [0.1, 0.15) is 0 Å². The summed E-state index contributed by atoms with van der Waals surface area (Å²) >= 11 is 12.1. The fraction of sp³-hybridized carbons (Fsp3) is 0.533. The van der Waals surface area contributed by atoms with Gasteiger partial charge in [-0.05, 0) is 56.9 Å². The highest BCUT2D eigenvalue weighted by Gasteiger charge is 2.20. The minimum atomic E-state index is -0.0812. The number of benzene rings is 1. The van der Waals surface area contributed by atoms with E-state index < -0.39 is 0 Å². The van der Waals surface area contributed by atoms with Crippen molar-refractivity contribution in [2.75, 3.05) is 31.5 Å². The van der Waals surface area contributed by atoms with E-state index in [0.717, 1.165) is 38.9 Å². The molecule has 0 atom stereocenters. The molecule has 1 amide bonds. The summed E-state index contributed by atoms with van der Waals surface area (Å²) < 4.78 is 0. The molecular weight excluding hydrogens is 309 g/mol.